The largest absolute Gasteiger partial charge is 0.399 e. The molecule has 0 spiro atoms. The average Bonchev–Trinajstić information content (AvgIpc) is 2.43. The number of piperidine rings is 1. The number of para-hydroxylation sites is 1. The van der Waals surface area contributed by atoms with Gasteiger partial charge >= 0.3 is 0 Å². The van der Waals surface area contributed by atoms with Gasteiger partial charge in [-0.25, -0.2) is 0 Å². The second-order valence-corrected chi connectivity index (χ2v) is 5.30. The van der Waals surface area contributed by atoms with Crippen LogP contribution in [0.5, 0.6) is 0 Å². The number of benzene rings is 1. The first-order valence-corrected chi connectivity index (χ1v) is 7.47. The van der Waals surface area contributed by atoms with Crippen LogP contribution in [-0.2, 0) is 11.2 Å². The first kappa shape index (κ1) is 14.4. The van der Waals surface area contributed by atoms with Crippen molar-refractivity contribution in [2.75, 3.05) is 32.0 Å². The number of nitrogen functional groups attached to an aromatic ring is 1. The van der Waals surface area contributed by atoms with Crippen molar-refractivity contribution < 1.29 is 4.74 Å². The van der Waals surface area contributed by atoms with E-state index in [0.717, 1.165) is 18.7 Å². The van der Waals surface area contributed by atoms with Crippen LogP contribution in [0.1, 0.15) is 31.7 Å². The van der Waals surface area contributed by atoms with E-state index < -0.39 is 0 Å². The van der Waals surface area contributed by atoms with Crippen molar-refractivity contribution in [3.8, 4) is 0 Å². The van der Waals surface area contributed by atoms with Crippen molar-refractivity contribution in [1.29, 1.82) is 0 Å². The van der Waals surface area contributed by atoms with Crippen LogP contribution >= 0.6 is 0 Å². The number of rotatable bonds is 6. The standard InChI is InChI=1S/C16H26N2O/c1-2-19-15-9-12-18(13-10-15)11-5-7-14-6-3-4-8-16(14)17/h3-4,6,8,15H,2,5,7,9-13,17H2,1H3. The van der Waals surface area contributed by atoms with Gasteiger partial charge in [-0.1, -0.05) is 18.2 Å². The molecular formula is C16H26N2O. The molecule has 1 aromatic carbocycles. The van der Waals surface area contributed by atoms with Crippen LogP contribution < -0.4 is 5.73 Å². The molecule has 0 amide bonds. The topological polar surface area (TPSA) is 38.5 Å². The summed E-state index contributed by atoms with van der Waals surface area (Å²) in [5, 5.41) is 0. The first-order chi connectivity index (χ1) is 9.29. The summed E-state index contributed by atoms with van der Waals surface area (Å²) in [7, 11) is 0. The molecule has 3 nitrogen and oxygen atoms in total. The van der Waals surface area contributed by atoms with E-state index in [4.69, 9.17) is 10.5 Å². The van der Waals surface area contributed by atoms with E-state index in [1.807, 2.05) is 12.1 Å². The van der Waals surface area contributed by atoms with Gasteiger partial charge in [-0.05, 0) is 50.8 Å². The van der Waals surface area contributed by atoms with Gasteiger partial charge in [0.25, 0.3) is 0 Å². The fourth-order valence-electron chi connectivity index (χ4n) is 2.79. The van der Waals surface area contributed by atoms with Gasteiger partial charge in [0, 0.05) is 25.4 Å². The lowest BCUT2D eigenvalue weighted by Gasteiger charge is -2.31. The first-order valence-electron chi connectivity index (χ1n) is 7.47. The third kappa shape index (κ3) is 4.51. The summed E-state index contributed by atoms with van der Waals surface area (Å²) in [5.41, 5.74) is 8.17. The minimum absolute atomic E-state index is 0.492. The summed E-state index contributed by atoms with van der Waals surface area (Å²) in [5.74, 6) is 0. The van der Waals surface area contributed by atoms with Crippen LogP contribution in [-0.4, -0.2) is 37.2 Å². The van der Waals surface area contributed by atoms with Gasteiger partial charge < -0.3 is 15.4 Å². The number of ether oxygens (including phenoxy) is 1. The predicted octanol–water partition coefficient (Wildman–Crippen LogP) is 2.70. The number of likely N-dealkylation sites (tertiary alicyclic amines) is 1. The van der Waals surface area contributed by atoms with Gasteiger partial charge in [0.2, 0.25) is 0 Å². The molecule has 1 aromatic rings. The molecule has 0 aromatic heterocycles. The summed E-state index contributed by atoms with van der Waals surface area (Å²) >= 11 is 0. The van der Waals surface area contributed by atoms with Crippen LogP contribution in [0.3, 0.4) is 0 Å². The second kappa shape index (κ2) is 7.51. The number of nitrogens with two attached hydrogens (primary N) is 1. The highest BCUT2D eigenvalue weighted by Crippen LogP contribution is 2.16. The zero-order chi connectivity index (χ0) is 13.5. The average molecular weight is 262 g/mol. The quantitative estimate of drug-likeness (QED) is 0.801. The molecule has 0 aliphatic carbocycles. The molecule has 0 saturated carbocycles. The maximum absolute atomic E-state index is 5.96. The summed E-state index contributed by atoms with van der Waals surface area (Å²) in [6.45, 7) is 6.45. The molecular weight excluding hydrogens is 236 g/mol. The van der Waals surface area contributed by atoms with E-state index in [9.17, 15) is 0 Å². The number of hydrogen-bond donors (Lipinski definition) is 1. The molecule has 2 N–H and O–H groups in total. The molecule has 3 heteroatoms. The number of hydrogen-bond acceptors (Lipinski definition) is 3. The van der Waals surface area contributed by atoms with Gasteiger partial charge in [0.05, 0.1) is 6.10 Å². The van der Waals surface area contributed by atoms with Crippen LogP contribution in [0.2, 0.25) is 0 Å². The number of aryl methyl sites for hydroxylation is 1. The van der Waals surface area contributed by atoms with Gasteiger partial charge in [0.1, 0.15) is 0 Å². The highest BCUT2D eigenvalue weighted by Gasteiger charge is 2.18. The maximum atomic E-state index is 5.96. The maximum Gasteiger partial charge on any atom is 0.0599 e. The van der Waals surface area contributed by atoms with Crippen molar-refractivity contribution in [2.45, 2.75) is 38.7 Å². The summed E-state index contributed by atoms with van der Waals surface area (Å²) in [4.78, 5) is 2.55. The molecule has 1 aliphatic heterocycles. The molecule has 0 unspecified atom stereocenters. The lowest BCUT2D eigenvalue weighted by Crippen LogP contribution is -2.37. The van der Waals surface area contributed by atoms with Crippen LogP contribution in [0, 0.1) is 0 Å². The Labute approximate surface area is 116 Å². The third-order valence-corrected chi connectivity index (χ3v) is 3.91. The summed E-state index contributed by atoms with van der Waals surface area (Å²) < 4.78 is 5.68. The fourth-order valence-corrected chi connectivity index (χ4v) is 2.79. The molecule has 106 valence electrons. The summed E-state index contributed by atoms with van der Waals surface area (Å²) in [6.07, 6.45) is 5.12. The van der Waals surface area contributed by atoms with Crippen molar-refractivity contribution in [2.24, 2.45) is 0 Å². The Hall–Kier alpha value is -1.06. The SMILES string of the molecule is CCOC1CCN(CCCc2ccccc2N)CC1. The zero-order valence-electron chi connectivity index (χ0n) is 12.0. The Kier molecular flexibility index (Phi) is 5.67. The van der Waals surface area contributed by atoms with Gasteiger partial charge in [-0.15, -0.1) is 0 Å². The van der Waals surface area contributed by atoms with E-state index >= 15 is 0 Å². The second-order valence-electron chi connectivity index (χ2n) is 5.30. The molecule has 0 bridgehead atoms. The molecule has 19 heavy (non-hydrogen) atoms. The highest BCUT2D eigenvalue weighted by atomic mass is 16.5. The monoisotopic (exact) mass is 262 g/mol. The van der Waals surface area contributed by atoms with Crippen LogP contribution in [0.15, 0.2) is 24.3 Å². The van der Waals surface area contributed by atoms with Crippen molar-refractivity contribution in [3.05, 3.63) is 29.8 Å². The van der Waals surface area contributed by atoms with Crippen molar-refractivity contribution in [3.63, 3.8) is 0 Å². The molecule has 1 heterocycles. The number of anilines is 1. The molecule has 2 rings (SSSR count). The van der Waals surface area contributed by atoms with E-state index in [-0.39, 0.29) is 0 Å². The molecule has 0 radical (unpaired) electrons. The van der Waals surface area contributed by atoms with Crippen molar-refractivity contribution >= 4 is 5.69 Å². The molecule has 1 saturated heterocycles. The van der Waals surface area contributed by atoms with E-state index in [2.05, 4.69) is 24.0 Å². The zero-order valence-corrected chi connectivity index (χ0v) is 12.0. The summed E-state index contributed by atoms with van der Waals surface area (Å²) in [6, 6.07) is 8.19. The predicted molar refractivity (Wildman–Crippen MR) is 80.3 cm³/mol. The Morgan fingerprint density at radius 3 is 2.68 bits per heavy atom. The van der Waals surface area contributed by atoms with Gasteiger partial charge in [0.15, 0.2) is 0 Å². The van der Waals surface area contributed by atoms with Crippen molar-refractivity contribution in [1.82, 2.24) is 4.90 Å². The Bertz CT molecular complexity index is 373. The Morgan fingerprint density at radius 1 is 1.26 bits per heavy atom. The fraction of sp³-hybridized carbons (Fsp3) is 0.625. The van der Waals surface area contributed by atoms with Crippen LogP contribution in [0.25, 0.3) is 0 Å². The minimum Gasteiger partial charge on any atom is -0.399 e. The normalized spacial score (nSPS) is 17.7. The third-order valence-electron chi connectivity index (χ3n) is 3.91. The lowest BCUT2D eigenvalue weighted by molar-refractivity contribution is 0.0141. The number of nitrogens with zero attached hydrogens (tertiary/aromatic N) is 1. The van der Waals surface area contributed by atoms with Crippen LogP contribution in [0.4, 0.5) is 5.69 Å². The van der Waals surface area contributed by atoms with Gasteiger partial charge in [-0.3, -0.25) is 0 Å². The molecule has 0 atom stereocenters. The minimum atomic E-state index is 0.492. The Balaban J connectivity index is 1.66. The van der Waals surface area contributed by atoms with E-state index in [1.165, 1.54) is 44.5 Å². The smallest absolute Gasteiger partial charge is 0.0599 e. The lowest BCUT2D eigenvalue weighted by atomic mass is 10.1. The highest BCUT2D eigenvalue weighted by molar-refractivity contribution is 5.46. The van der Waals surface area contributed by atoms with E-state index in [0.29, 0.717) is 6.10 Å². The molecule has 1 aliphatic rings. The Morgan fingerprint density at radius 2 is 2.00 bits per heavy atom. The molecule has 1 fully saturated rings. The van der Waals surface area contributed by atoms with E-state index in [1.54, 1.807) is 0 Å². The van der Waals surface area contributed by atoms with Gasteiger partial charge in [-0.2, -0.15) is 0 Å².